The van der Waals surface area contributed by atoms with Crippen LogP contribution in [0.2, 0.25) is 0 Å². The maximum absolute atomic E-state index is 12.7. The highest BCUT2D eigenvalue weighted by molar-refractivity contribution is 9.10. The molecule has 0 unspecified atom stereocenters. The summed E-state index contributed by atoms with van der Waals surface area (Å²) in [6, 6.07) is 7.19. The molecule has 28 heavy (non-hydrogen) atoms. The number of fused-ring (bicyclic) bond motifs is 1. The van der Waals surface area contributed by atoms with Crippen LogP contribution in [0.4, 0.5) is 5.00 Å². The standard InChI is InChI=1S/C20H16BrN3O3S/c1-27-16-8-13(21)7-11(18(16)25)6-12(9-22)19(26)24-20-15(10-23)14-4-2-3-5-17(14)28-20/h6-8,25H,2-5H2,1H3,(H,24,26). The zero-order chi connectivity index (χ0) is 20.3. The van der Waals surface area contributed by atoms with Crippen molar-refractivity contribution in [3.63, 3.8) is 0 Å². The fourth-order valence-electron chi connectivity index (χ4n) is 3.11. The SMILES string of the molecule is COc1cc(Br)cc(C=C(C#N)C(=O)Nc2sc3c(c2C#N)CCCC3)c1O. The number of rotatable bonds is 4. The number of anilines is 1. The summed E-state index contributed by atoms with van der Waals surface area (Å²) < 4.78 is 5.72. The van der Waals surface area contributed by atoms with Crippen molar-refractivity contribution in [3.05, 3.63) is 43.7 Å². The van der Waals surface area contributed by atoms with Gasteiger partial charge in [0.15, 0.2) is 11.5 Å². The topological polar surface area (TPSA) is 106 Å². The average molecular weight is 458 g/mol. The lowest BCUT2D eigenvalue weighted by Crippen LogP contribution is -2.13. The first-order valence-electron chi connectivity index (χ1n) is 8.52. The molecule has 8 heteroatoms. The number of hydrogen-bond donors (Lipinski definition) is 2. The molecular formula is C20H16BrN3O3S. The van der Waals surface area contributed by atoms with Gasteiger partial charge in [-0.1, -0.05) is 15.9 Å². The summed E-state index contributed by atoms with van der Waals surface area (Å²) in [5, 5.41) is 32.4. The van der Waals surface area contributed by atoms with Gasteiger partial charge in [0, 0.05) is 14.9 Å². The van der Waals surface area contributed by atoms with Crippen LogP contribution in [0.15, 0.2) is 22.2 Å². The van der Waals surface area contributed by atoms with E-state index in [0.29, 0.717) is 15.0 Å². The summed E-state index contributed by atoms with van der Waals surface area (Å²) in [5.74, 6) is -0.581. The summed E-state index contributed by atoms with van der Waals surface area (Å²) in [6.45, 7) is 0. The molecule has 0 saturated carbocycles. The molecule has 0 spiro atoms. The van der Waals surface area contributed by atoms with Gasteiger partial charge in [0.25, 0.3) is 5.91 Å². The van der Waals surface area contributed by atoms with Crippen LogP contribution in [0.5, 0.6) is 11.5 Å². The van der Waals surface area contributed by atoms with Gasteiger partial charge in [-0.15, -0.1) is 11.3 Å². The first kappa shape index (κ1) is 19.9. The van der Waals surface area contributed by atoms with Crippen molar-refractivity contribution in [3.8, 4) is 23.6 Å². The number of aromatic hydroxyl groups is 1. The Balaban J connectivity index is 1.93. The van der Waals surface area contributed by atoms with Gasteiger partial charge in [-0.25, -0.2) is 0 Å². The summed E-state index contributed by atoms with van der Waals surface area (Å²) in [4.78, 5) is 13.8. The highest BCUT2D eigenvalue weighted by Gasteiger charge is 2.23. The fourth-order valence-corrected chi connectivity index (χ4v) is 4.80. The molecule has 0 saturated heterocycles. The van der Waals surface area contributed by atoms with Crippen molar-refractivity contribution >= 4 is 44.3 Å². The Labute approximate surface area is 174 Å². The summed E-state index contributed by atoms with van der Waals surface area (Å²) in [7, 11) is 1.41. The van der Waals surface area contributed by atoms with Crippen LogP contribution in [0.1, 0.15) is 34.4 Å². The number of benzene rings is 1. The van der Waals surface area contributed by atoms with Crippen LogP contribution in [-0.2, 0) is 17.6 Å². The lowest BCUT2D eigenvalue weighted by Gasteiger charge is -2.09. The smallest absolute Gasteiger partial charge is 0.266 e. The third kappa shape index (κ3) is 3.89. The van der Waals surface area contributed by atoms with Gasteiger partial charge in [-0.3, -0.25) is 4.79 Å². The Morgan fingerprint density at radius 1 is 1.36 bits per heavy atom. The van der Waals surface area contributed by atoms with Gasteiger partial charge in [0.2, 0.25) is 0 Å². The minimum atomic E-state index is -0.629. The van der Waals surface area contributed by atoms with E-state index < -0.39 is 5.91 Å². The highest BCUT2D eigenvalue weighted by Crippen LogP contribution is 2.38. The normalized spacial score (nSPS) is 13.2. The number of phenols is 1. The first-order chi connectivity index (χ1) is 13.5. The van der Waals surface area contributed by atoms with E-state index in [4.69, 9.17) is 4.74 Å². The Bertz CT molecular complexity index is 1060. The number of amides is 1. The van der Waals surface area contributed by atoms with E-state index in [1.807, 2.05) is 6.07 Å². The molecule has 0 aliphatic heterocycles. The number of hydrogen-bond acceptors (Lipinski definition) is 6. The van der Waals surface area contributed by atoms with Gasteiger partial charge >= 0.3 is 0 Å². The average Bonchev–Trinajstić information content (AvgIpc) is 3.04. The minimum Gasteiger partial charge on any atom is -0.504 e. The predicted octanol–water partition coefficient (Wildman–Crippen LogP) is 4.52. The second-order valence-corrected chi connectivity index (χ2v) is 8.22. The molecule has 1 amide bonds. The zero-order valence-corrected chi connectivity index (χ0v) is 17.4. The lowest BCUT2D eigenvalue weighted by atomic mass is 9.96. The molecule has 0 atom stereocenters. The number of carbonyl (C=O) groups excluding carboxylic acids is 1. The molecular weight excluding hydrogens is 442 g/mol. The van der Waals surface area contributed by atoms with Crippen LogP contribution < -0.4 is 10.1 Å². The molecule has 0 fully saturated rings. The number of methoxy groups -OCH3 is 1. The number of aryl methyl sites for hydroxylation is 1. The molecule has 0 bridgehead atoms. The molecule has 1 heterocycles. The van der Waals surface area contributed by atoms with E-state index in [0.717, 1.165) is 36.1 Å². The van der Waals surface area contributed by atoms with Crippen molar-refractivity contribution < 1.29 is 14.6 Å². The molecule has 2 aromatic rings. The lowest BCUT2D eigenvalue weighted by molar-refractivity contribution is -0.112. The summed E-state index contributed by atoms with van der Waals surface area (Å²) >= 11 is 4.70. The van der Waals surface area contributed by atoms with Gasteiger partial charge in [0.05, 0.1) is 12.7 Å². The molecule has 0 radical (unpaired) electrons. The number of phenolic OH excluding ortho intramolecular Hbond substituents is 1. The van der Waals surface area contributed by atoms with Crippen molar-refractivity contribution in [2.45, 2.75) is 25.7 Å². The first-order valence-corrected chi connectivity index (χ1v) is 10.1. The second-order valence-electron chi connectivity index (χ2n) is 6.20. The Morgan fingerprint density at radius 2 is 2.11 bits per heavy atom. The third-order valence-corrected chi connectivity index (χ3v) is 6.13. The van der Waals surface area contributed by atoms with Crippen LogP contribution in [-0.4, -0.2) is 18.1 Å². The molecule has 3 rings (SSSR count). The van der Waals surface area contributed by atoms with Crippen LogP contribution in [0.25, 0.3) is 6.08 Å². The Hall–Kier alpha value is -2.81. The fraction of sp³-hybridized carbons (Fsp3) is 0.250. The van der Waals surface area contributed by atoms with Gasteiger partial charge < -0.3 is 15.2 Å². The van der Waals surface area contributed by atoms with Crippen molar-refractivity contribution in [1.29, 1.82) is 10.5 Å². The molecule has 2 N–H and O–H groups in total. The van der Waals surface area contributed by atoms with E-state index in [2.05, 4.69) is 27.3 Å². The van der Waals surface area contributed by atoms with Crippen LogP contribution >= 0.6 is 27.3 Å². The van der Waals surface area contributed by atoms with E-state index in [1.54, 1.807) is 12.1 Å². The molecule has 142 valence electrons. The Kier molecular flexibility index (Phi) is 6.03. The molecule has 1 aliphatic rings. The summed E-state index contributed by atoms with van der Waals surface area (Å²) in [6.07, 6.45) is 5.12. The van der Waals surface area contributed by atoms with E-state index in [1.165, 1.54) is 24.5 Å². The second kappa shape index (κ2) is 8.47. The predicted molar refractivity (Wildman–Crippen MR) is 110 cm³/mol. The highest BCUT2D eigenvalue weighted by atomic mass is 79.9. The number of nitriles is 2. The number of halogens is 1. The molecule has 6 nitrogen and oxygen atoms in total. The minimum absolute atomic E-state index is 0.171. The van der Waals surface area contributed by atoms with Crippen molar-refractivity contribution in [2.75, 3.05) is 12.4 Å². The molecule has 1 aromatic heterocycles. The third-order valence-electron chi connectivity index (χ3n) is 4.46. The van der Waals surface area contributed by atoms with Crippen LogP contribution in [0.3, 0.4) is 0 Å². The largest absolute Gasteiger partial charge is 0.504 e. The summed E-state index contributed by atoms with van der Waals surface area (Å²) in [5.41, 5.74) is 1.57. The number of nitrogens with zero attached hydrogens (tertiary/aromatic N) is 2. The van der Waals surface area contributed by atoms with Crippen LogP contribution in [0, 0.1) is 22.7 Å². The van der Waals surface area contributed by atoms with Crippen molar-refractivity contribution in [2.24, 2.45) is 0 Å². The quantitative estimate of drug-likeness (QED) is 0.518. The van der Waals surface area contributed by atoms with E-state index in [9.17, 15) is 20.4 Å². The maximum Gasteiger partial charge on any atom is 0.266 e. The zero-order valence-electron chi connectivity index (χ0n) is 15.0. The van der Waals surface area contributed by atoms with Gasteiger partial charge in [-0.05, 0) is 49.5 Å². The van der Waals surface area contributed by atoms with E-state index >= 15 is 0 Å². The maximum atomic E-state index is 12.7. The monoisotopic (exact) mass is 457 g/mol. The van der Waals surface area contributed by atoms with Crippen molar-refractivity contribution in [1.82, 2.24) is 0 Å². The number of nitrogens with one attached hydrogen (secondary N) is 1. The molecule has 1 aromatic carbocycles. The van der Waals surface area contributed by atoms with Gasteiger partial charge in [0.1, 0.15) is 22.7 Å². The molecule has 1 aliphatic carbocycles. The number of thiophene rings is 1. The van der Waals surface area contributed by atoms with Gasteiger partial charge in [-0.2, -0.15) is 10.5 Å². The Morgan fingerprint density at radius 3 is 2.79 bits per heavy atom. The number of ether oxygens (including phenoxy) is 1. The van der Waals surface area contributed by atoms with E-state index in [-0.39, 0.29) is 22.6 Å². The number of carbonyl (C=O) groups is 1.